The first-order valence-electron chi connectivity index (χ1n) is 6.81. The second kappa shape index (κ2) is 6.27. The molecule has 0 spiro atoms. The lowest BCUT2D eigenvalue weighted by atomic mass is 9.86. The number of hydrogen-bond acceptors (Lipinski definition) is 4. The van der Waals surface area contributed by atoms with Gasteiger partial charge in [0.2, 0.25) is 5.88 Å². The molecule has 2 aromatic rings. The maximum Gasteiger partial charge on any atom is 0.329 e. The number of anilines is 1. The molecule has 1 heterocycles. The average Bonchev–Trinajstić information content (AvgIpc) is 2.46. The van der Waals surface area contributed by atoms with Gasteiger partial charge in [0.1, 0.15) is 11.4 Å². The van der Waals surface area contributed by atoms with Crippen LogP contribution < -0.4 is 14.8 Å². The predicted octanol–water partition coefficient (Wildman–Crippen LogP) is 3.90. The maximum atomic E-state index is 11.3. The lowest BCUT2D eigenvalue weighted by molar-refractivity contribution is 0.257. The number of aromatic nitrogens is 1. The van der Waals surface area contributed by atoms with Crippen LogP contribution >= 0.6 is 12.8 Å². The van der Waals surface area contributed by atoms with Crippen molar-refractivity contribution in [1.29, 1.82) is 0 Å². The van der Waals surface area contributed by atoms with Gasteiger partial charge in [-0.1, -0.05) is 51.8 Å². The van der Waals surface area contributed by atoms with Gasteiger partial charge < -0.3 is 10.5 Å². The Morgan fingerprint density at radius 1 is 1.23 bits per heavy atom. The highest BCUT2D eigenvalue weighted by Gasteiger charge is 2.21. The van der Waals surface area contributed by atoms with Crippen molar-refractivity contribution >= 4 is 24.5 Å². The quantitative estimate of drug-likeness (QED) is 0.844. The number of rotatable bonds is 3. The summed E-state index contributed by atoms with van der Waals surface area (Å²) in [6.45, 7) is 6.30. The summed E-state index contributed by atoms with van der Waals surface area (Å²) in [6.07, 6.45) is 1.58. The number of urea groups is 1. The predicted molar refractivity (Wildman–Crippen MR) is 90.5 cm³/mol. The first-order valence-corrected chi connectivity index (χ1v) is 7.21. The van der Waals surface area contributed by atoms with Crippen LogP contribution in [-0.2, 0) is 5.41 Å². The molecule has 0 saturated heterocycles. The number of nitrogens with zero attached hydrogens (tertiary/aromatic N) is 2. The summed E-state index contributed by atoms with van der Waals surface area (Å²) in [5, 5.41) is 0. The van der Waals surface area contributed by atoms with Crippen molar-refractivity contribution in [1.82, 2.24) is 4.98 Å². The van der Waals surface area contributed by atoms with Crippen LogP contribution in [-0.4, -0.2) is 11.0 Å². The largest absolute Gasteiger partial charge is 0.437 e. The van der Waals surface area contributed by atoms with E-state index in [-0.39, 0.29) is 11.3 Å². The fraction of sp³-hybridized carbons (Fsp3) is 0.250. The molecule has 0 fully saturated rings. The van der Waals surface area contributed by atoms with Crippen LogP contribution in [0.5, 0.6) is 11.6 Å². The van der Waals surface area contributed by atoms with Crippen LogP contribution in [0.15, 0.2) is 42.6 Å². The maximum absolute atomic E-state index is 11.3. The minimum absolute atomic E-state index is 0.0874. The molecule has 2 rings (SSSR count). The Labute approximate surface area is 135 Å². The third-order valence-electron chi connectivity index (χ3n) is 3.09. The first-order chi connectivity index (χ1) is 10.3. The number of nitrogens with two attached hydrogens (primary N) is 1. The summed E-state index contributed by atoms with van der Waals surface area (Å²) in [5.74, 6) is 0.953. The van der Waals surface area contributed by atoms with E-state index < -0.39 is 6.03 Å². The van der Waals surface area contributed by atoms with Crippen LogP contribution in [0.1, 0.15) is 26.3 Å². The fourth-order valence-corrected chi connectivity index (χ4v) is 2.17. The first kappa shape index (κ1) is 16.2. The molecule has 0 radical (unpaired) electrons. The second-order valence-electron chi connectivity index (χ2n) is 5.83. The zero-order valence-corrected chi connectivity index (χ0v) is 13.7. The van der Waals surface area contributed by atoms with Crippen molar-refractivity contribution in [2.45, 2.75) is 26.2 Å². The lowest BCUT2D eigenvalue weighted by Gasteiger charge is -2.23. The number of benzene rings is 1. The molecule has 22 heavy (non-hydrogen) atoms. The molecule has 1 aromatic heterocycles. The Hall–Kier alpha value is -2.21. The molecule has 5 nitrogen and oxygen atoms in total. The van der Waals surface area contributed by atoms with Gasteiger partial charge in [0, 0.05) is 11.8 Å². The molecule has 0 bridgehead atoms. The zero-order chi connectivity index (χ0) is 16.3. The second-order valence-corrected chi connectivity index (χ2v) is 6.23. The number of amides is 2. The normalized spacial score (nSPS) is 11.1. The van der Waals surface area contributed by atoms with E-state index >= 15 is 0 Å². The van der Waals surface area contributed by atoms with E-state index in [1.54, 1.807) is 18.3 Å². The van der Waals surface area contributed by atoms with E-state index in [0.29, 0.717) is 11.4 Å². The molecule has 1 aromatic carbocycles. The van der Waals surface area contributed by atoms with Crippen molar-refractivity contribution in [3.05, 3.63) is 48.2 Å². The van der Waals surface area contributed by atoms with Crippen LogP contribution in [0, 0.1) is 0 Å². The Kier molecular flexibility index (Phi) is 4.61. The molecule has 0 aliphatic carbocycles. The summed E-state index contributed by atoms with van der Waals surface area (Å²) in [4.78, 5) is 15.5. The molecule has 0 aliphatic rings. The molecule has 2 amide bonds. The van der Waals surface area contributed by atoms with Gasteiger partial charge in [0.05, 0.1) is 0 Å². The van der Waals surface area contributed by atoms with Crippen LogP contribution in [0.4, 0.5) is 10.5 Å². The van der Waals surface area contributed by atoms with Crippen LogP contribution in [0.2, 0.25) is 0 Å². The van der Waals surface area contributed by atoms with Gasteiger partial charge in [-0.3, -0.25) is 0 Å². The third kappa shape index (κ3) is 3.51. The number of para-hydroxylation sites is 1. The number of pyridine rings is 1. The summed E-state index contributed by atoms with van der Waals surface area (Å²) in [5.41, 5.74) is 6.60. The number of ether oxygens (including phenoxy) is 1. The summed E-state index contributed by atoms with van der Waals surface area (Å²) in [6, 6.07) is 10.4. The monoisotopic (exact) mass is 317 g/mol. The topological polar surface area (TPSA) is 68.4 Å². The van der Waals surface area contributed by atoms with Gasteiger partial charge in [-0.25, -0.2) is 14.1 Å². The molecule has 0 saturated carbocycles. The molecule has 2 N–H and O–H groups in total. The van der Waals surface area contributed by atoms with E-state index in [2.05, 4.69) is 38.6 Å². The van der Waals surface area contributed by atoms with Crippen molar-refractivity contribution in [3.8, 4) is 11.6 Å². The van der Waals surface area contributed by atoms with E-state index in [0.717, 1.165) is 9.87 Å². The Morgan fingerprint density at radius 2 is 1.91 bits per heavy atom. The SMILES string of the molecule is CC(C)(C)c1ccccc1Oc1ncccc1N(S)C(N)=O. The molecule has 0 aliphatic heterocycles. The van der Waals surface area contributed by atoms with Gasteiger partial charge >= 0.3 is 6.03 Å². The van der Waals surface area contributed by atoms with Gasteiger partial charge in [-0.2, -0.15) is 0 Å². The minimum atomic E-state index is -0.703. The highest BCUT2D eigenvalue weighted by atomic mass is 32.1. The van der Waals surface area contributed by atoms with Crippen molar-refractivity contribution in [2.75, 3.05) is 4.31 Å². The Morgan fingerprint density at radius 3 is 2.55 bits per heavy atom. The number of carbonyl (C=O) groups excluding carboxylic acids is 1. The minimum Gasteiger partial charge on any atom is -0.437 e. The highest BCUT2D eigenvalue weighted by Crippen LogP contribution is 2.36. The van der Waals surface area contributed by atoms with E-state index in [1.807, 2.05) is 24.3 Å². The standard InChI is InChI=1S/C16H19N3O2S/c1-16(2,3)11-7-4-5-9-13(11)21-14-12(8-6-10-18-14)19(22)15(17)20/h4-10,22H,1-3H3,(H2,17,20). The summed E-state index contributed by atoms with van der Waals surface area (Å²) in [7, 11) is 0. The zero-order valence-electron chi connectivity index (χ0n) is 12.8. The van der Waals surface area contributed by atoms with Gasteiger partial charge in [0.15, 0.2) is 0 Å². The van der Waals surface area contributed by atoms with Crippen LogP contribution in [0.3, 0.4) is 0 Å². The summed E-state index contributed by atoms with van der Waals surface area (Å²) < 4.78 is 6.93. The molecule has 116 valence electrons. The number of thiol groups is 1. The Balaban J connectivity index is 2.43. The highest BCUT2D eigenvalue weighted by molar-refractivity contribution is 7.82. The molecule has 6 heteroatoms. The smallest absolute Gasteiger partial charge is 0.329 e. The number of primary amides is 1. The van der Waals surface area contributed by atoms with E-state index in [1.165, 1.54) is 0 Å². The van der Waals surface area contributed by atoms with Gasteiger partial charge in [0.25, 0.3) is 0 Å². The van der Waals surface area contributed by atoms with Crippen molar-refractivity contribution in [3.63, 3.8) is 0 Å². The van der Waals surface area contributed by atoms with Crippen molar-refractivity contribution < 1.29 is 9.53 Å². The molecular formula is C16H19N3O2S. The third-order valence-corrected chi connectivity index (χ3v) is 3.50. The average molecular weight is 317 g/mol. The van der Waals surface area contributed by atoms with Gasteiger partial charge in [-0.05, 0) is 23.6 Å². The molecule has 0 atom stereocenters. The molecule has 0 unspecified atom stereocenters. The number of carbonyl (C=O) groups is 1. The van der Waals surface area contributed by atoms with E-state index in [4.69, 9.17) is 10.5 Å². The number of hydrogen-bond donors (Lipinski definition) is 2. The fourth-order valence-electron chi connectivity index (χ4n) is 2.02. The summed E-state index contributed by atoms with van der Waals surface area (Å²) >= 11 is 4.07. The van der Waals surface area contributed by atoms with Crippen LogP contribution in [0.25, 0.3) is 0 Å². The van der Waals surface area contributed by atoms with Crippen molar-refractivity contribution in [2.24, 2.45) is 5.73 Å². The molecular weight excluding hydrogens is 298 g/mol. The Bertz CT molecular complexity index is 683. The van der Waals surface area contributed by atoms with Gasteiger partial charge in [-0.15, -0.1) is 0 Å². The van der Waals surface area contributed by atoms with E-state index in [9.17, 15) is 4.79 Å². The lowest BCUT2D eigenvalue weighted by Crippen LogP contribution is -2.27.